The minimum absolute atomic E-state index is 0.506. The molecule has 0 radical (unpaired) electrons. The third-order valence-electron chi connectivity index (χ3n) is 4.48. The van der Waals surface area contributed by atoms with E-state index in [1.54, 1.807) is 6.07 Å². The summed E-state index contributed by atoms with van der Waals surface area (Å²) in [4.78, 5) is 9.35. The number of para-hydroxylation sites is 1. The Bertz CT molecular complexity index is 1200. The van der Waals surface area contributed by atoms with E-state index in [4.69, 9.17) is 15.0 Å². The van der Waals surface area contributed by atoms with E-state index >= 15 is 0 Å². The quantitative estimate of drug-likeness (QED) is 0.272. The number of ether oxygens (including phenoxy) is 1. The van der Waals surface area contributed by atoms with Gasteiger partial charge in [-0.3, -0.25) is 0 Å². The van der Waals surface area contributed by atoms with Gasteiger partial charge in [0.15, 0.2) is 5.16 Å². The van der Waals surface area contributed by atoms with Gasteiger partial charge in [0.2, 0.25) is 5.88 Å². The molecule has 0 fully saturated rings. The first-order valence-electron chi connectivity index (χ1n) is 9.51. The number of aryl methyl sites for hydroxylation is 1. The van der Waals surface area contributed by atoms with Crippen molar-refractivity contribution >= 4 is 11.8 Å². The first kappa shape index (κ1) is 19.7. The summed E-state index contributed by atoms with van der Waals surface area (Å²) >= 11 is 1.52. The molecule has 30 heavy (non-hydrogen) atoms. The third kappa shape index (κ3) is 4.86. The normalized spacial score (nSPS) is 10.4. The van der Waals surface area contributed by atoms with E-state index in [0.29, 0.717) is 22.4 Å². The topological polar surface area (TPSA) is 58.8 Å². The van der Waals surface area contributed by atoms with Gasteiger partial charge in [-0.15, -0.1) is 0 Å². The summed E-state index contributed by atoms with van der Waals surface area (Å²) in [5.74, 6) is 1.94. The molecule has 0 aliphatic heterocycles. The number of aromatic nitrogens is 2. The van der Waals surface area contributed by atoms with Crippen molar-refractivity contribution in [1.29, 1.82) is 5.26 Å². The lowest BCUT2D eigenvalue weighted by atomic mass is 10.1. The molecule has 1 aromatic heterocycles. The maximum absolute atomic E-state index is 9.11. The molecule has 0 aliphatic rings. The van der Waals surface area contributed by atoms with Crippen LogP contribution in [0.4, 0.5) is 0 Å². The van der Waals surface area contributed by atoms with Gasteiger partial charge in [0.1, 0.15) is 5.75 Å². The van der Waals surface area contributed by atoms with Crippen LogP contribution in [0.1, 0.15) is 16.7 Å². The van der Waals surface area contributed by atoms with Gasteiger partial charge in [0.25, 0.3) is 0 Å². The minimum Gasteiger partial charge on any atom is -0.439 e. The Morgan fingerprint density at radius 2 is 1.70 bits per heavy atom. The van der Waals surface area contributed by atoms with Gasteiger partial charge >= 0.3 is 0 Å². The highest BCUT2D eigenvalue weighted by atomic mass is 32.2. The van der Waals surface area contributed by atoms with Crippen LogP contribution in [0.5, 0.6) is 11.6 Å². The SMILES string of the molecule is Cc1ccccc1Oc1cc(-c2ccccc2)nc(SCc2cccc(C#N)c2)n1. The smallest absolute Gasteiger partial charge is 0.223 e. The number of hydrogen-bond donors (Lipinski definition) is 0. The number of thioether (sulfide) groups is 1. The number of hydrogen-bond acceptors (Lipinski definition) is 5. The highest BCUT2D eigenvalue weighted by Gasteiger charge is 2.11. The number of nitrogens with zero attached hydrogens (tertiary/aromatic N) is 3. The van der Waals surface area contributed by atoms with Crippen molar-refractivity contribution in [2.24, 2.45) is 0 Å². The summed E-state index contributed by atoms with van der Waals surface area (Å²) in [6.45, 7) is 2.01. The first-order valence-corrected chi connectivity index (χ1v) is 10.5. The van der Waals surface area contributed by atoms with Crippen molar-refractivity contribution in [3.8, 4) is 29.0 Å². The highest BCUT2D eigenvalue weighted by Crippen LogP contribution is 2.30. The molecule has 0 atom stereocenters. The third-order valence-corrected chi connectivity index (χ3v) is 5.40. The molecular formula is C25H19N3OS. The zero-order valence-corrected chi connectivity index (χ0v) is 17.3. The van der Waals surface area contributed by atoms with E-state index in [1.165, 1.54) is 11.8 Å². The monoisotopic (exact) mass is 409 g/mol. The summed E-state index contributed by atoms with van der Waals surface area (Å²) in [7, 11) is 0. The van der Waals surface area contributed by atoms with Gasteiger partial charge in [-0.25, -0.2) is 4.98 Å². The number of rotatable bonds is 6. The van der Waals surface area contributed by atoms with Crippen LogP contribution in [0.15, 0.2) is 90.1 Å². The van der Waals surface area contributed by atoms with Crippen LogP contribution in [-0.4, -0.2) is 9.97 Å². The molecule has 0 saturated carbocycles. The summed E-state index contributed by atoms with van der Waals surface area (Å²) in [5, 5.41) is 9.74. The Morgan fingerprint density at radius 1 is 0.900 bits per heavy atom. The summed E-state index contributed by atoms with van der Waals surface area (Å²) in [6.07, 6.45) is 0. The lowest BCUT2D eigenvalue weighted by Crippen LogP contribution is -1.97. The largest absolute Gasteiger partial charge is 0.439 e. The van der Waals surface area contributed by atoms with Crippen LogP contribution in [0, 0.1) is 18.3 Å². The highest BCUT2D eigenvalue weighted by molar-refractivity contribution is 7.98. The van der Waals surface area contributed by atoms with Crippen LogP contribution in [0.3, 0.4) is 0 Å². The van der Waals surface area contributed by atoms with Crippen molar-refractivity contribution in [3.63, 3.8) is 0 Å². The Kier molecular flexibility index (Phi) is 6.07. The average molecular weight is 410 g/mol. The zero-order chi connectivity index (χ0) is 20.8. The van der Waals surface area contributed by atoms with Crippen molar-refractivity contribution in [3.05, 3.63) is 102 Å². The second kappa shape index (κ2) is 9.25. The van der Waals surface area contributed by atoms with E-state index < -0.39 is 0 Å². The van der Waals surface area contributed by atoms with Crippen molar-refractivity contribution in [2.75, 3.05) is 0 Å². The molecule has 3 aromatic carbocycles. The van der Waals surface area contributed by atoms with Gasteiger partial charge in [-0.2, -0.15) is 10.2 Å². The van der Waals surface area contributed by atoms with E-state index in [9.17, 15) is 0 Å². The number of nitriles is 1. The Balaban J connectivity index is 1.65. The second-order valence-corrected chi connectivity index (χ2v) is 7.65. The standard InChI is InChI=1S/C25H19N3OS/c1-18-8-5-6-13-23(18)29-24-15-22(21-11-3-2-4-12-21)27-25(28-24)30-17-20-10-7-9-19(14-20)16-26/h2-15H,17H2,1H3. The van der Waals surface area contributed by atoms with E-state index in [0.717, 1.165) is 28.1 Å². The van der Waals surface area contributed by atoms with Crippen LogP contribution < -0.4 is 4.74 Å². The average Bonchev–Trinajstić information content (AvgIpc) is 2.80. The molecule has 0 unspecified atom stereocenters. The predicted octanol–water partition coefficient (Wildman–Crippen LogP) is 6.41. The molecule has 4 rings (SSSR count). The zero-order valence-electron chi connectivity index (χ0n) is 16.4. The molecule has 146 valence electrons. The van der Waals surface area contributed by atoms with Crippen LogP contribution >= 0.6 is 11.8 Å². The maximum Gasteiger partial charge on any atom is 0.223 e. The summed E-state index contributed by atoms with van der Waals surface area (Å²) < 4.78 is 6.09. The van der Waals surface area contributed by atoms with E-state index in [1.807, 2.05) is 85.8 Å². The molecule has 4 aromatic rings. The fraction of sp³-hybridized carbons (Fsp3) is 0.0800. The molecule has 0 bridgehead atoms. The Labute approximate surface area is 180 Å². The molecule has 0 amide bonds. The molecule has 0 N–H and O–H groups in total. The number of benzene rings is 3. The molecule has 4 nitrogen and oxygen atoms in total. The molecular weight excluding hydrogens is 390 g/mol. The fourth-order valence-corrected chi connectivity index (χ4v) is 3.73. The van der Waals surface area contributed by atoms with E-state index in [2.05, 4.69) is 11.1 Å². The fourth-order valence-electron chi connectivity index (χ4n) is 2.94. The summed E-state index contributed by atoms with van der Waals surface area (Å²) in [6, 6.07) is 29.5. The summed E-state index contributed by atoms with van der Waals surface area (Å²) in [5.41, 5.74) is 4.55. The first-order chi connectivity index (χ1) is 14.7. The van der Waals surface area contributed by atoms with Gasteiger partial charge in [-0.05, 0) is 36.2 Å². The molecule has 5 heteroatoms. The van der Waals surface area contributed by atoms with Gasteiger partial charge in [0.05, 0.1) is 17.3 Å². The van der Waals surface area contributed by atoms with Gasteiger partial charge < -0.3 is 4.74 Å². The van der Waals surface area contributed by atoms with Crippen molar-refractivity contribution in [1.82, 2.24) is 9.97 Å². The Morgan fingerprint density at radius 3 is 2.50 bits per heavy atom. The van der Waals surface area contributed by atoms with E-state index in [-0.39, 0.29) is 0 Å². The molecule has 0 spiro atoms. The predicted molar refractivity (Wildman–Crippen MR) is 119 cm³/mol. The maximum atomic E-state index is 9.11. The lowest BCUT2D eigenvalue weighted by molar-refractivity contribution is 0.452. The van der Waals surface area contributed by atoms with Crippen molar-refractivity contribution in [2.45, 2.75) is 17.8 Å². The lowest BCUT2D eigenvalue weighted by Gasteiger charge is -2.11. The van der Waals surface area contributed by atoms with Crippen LogP contribution in [0.25, 0.3) is 11.3 Å². The van der Waals surface area contributed by atoms with Crippen LogP contribution in [-0.2, 0) is 5.75 Å². The minimum atomic E-state index is 0.506. The van der Waals surface area contributed by atoms with Crippen molar-refractivity contribution < 1.29 is 4.74 Å². The molecule has 0 saturated heterocycles. The Hall–Kier alpha value is -3.62. The molecule has 0 aliphatic carbocycles. The molecule has 1 heterocycles. The van der Waals surface area contributed by atoms with Gasteiger partial charge in [-0.1, -0.05) is 72.4 Å². The van der Waals surface area contributed by atoms with Gasteiger partial charge in [0, 0.05) is 17.4 Å². The second-order valence-electron chi connectivity index (χ2n) is 6.71. The van der Waals surface area contributed by atoms with Crippen LogP contribution in [0.2, 0.25) is 0 Å².